The quantitative estimate of drug-likeness (QED) is 0.851. The van der Waals surface area contributed by atoms with E-state index in [0.717, 1.165) is 34.0 Å². The van der Waals surface area contributed by atoms with Crippen molar-refractivity contribution in [2.24, 2.45) is 0 Å². The van der Waals surface area contributed by atoms with Crippen LogP contribution in [0.3, 0.4) is 0 Å². The van der Waals surface area contributed by atoms with Gasteiger partial charge >= 0.3 is 0 Å². The fourth-order valence-corrected chi connectivity index (χ4v) is 1.85. The molecule has 0 radical (unpaired) electrons. The molecule has 4 nitrogen and oxygen atoms in total. The summed E-state index contributed by atoms with van der Waals surface area (Å²) < 4.78 is 10.6. The van der Waals surface area contributed by atoms with E-state index in [2.05, 4.69) is 11.5 Å². The third-order valence-electron chi connectivity index (χ3n) is 2.91. The Kier molecular flexibility index (Phi) is 3.50. The second-order valence-electron chi connectivity index (χ2n) is 4.05. The summed E-state index contributed by atoms with van der Waals surface area (Å²) in [6.07, 6.45) is 0. The molecule has 0 spiro atoms. The van der Waals surface area contributed by atoms with Crippen LogP contribution in [-0.2, 0) is 0 Å². The second-order valence-corrected chi connectivity index (χ2v) is 4.05. The first-order chi connectivity index (χ1) is 8.65. The molecule has 0 heterocycles. The Balaban J connectivity index is 2.48. The van der Waals surface area contributed by atoms with Crippen molar-refractivity contribution in [3.05, 3.63) is 36.4 Å². The Morgan fingerprint density at radius 2 is 1.11 bits per heavy atom. The maximum Gasteiger partial charge on any atom is 0.180 e. The first-order valence-electron chi connectivity index (χ1n) is 5.66. The maximum absolute atomic E-state index is 5.28. The van der Waals surface area contributed by atoms with Crippen LogP contribution in [0.2, 0.25) is 0 Å². The maximum atomic E-state index is 5.28. The number of hydrogen-bond donors (Lipinski definition) is 2. The highest BCUT2D eigenvalue weighted by Crippen LogP contribution is 2.31. The molecular weight excluding hydrogens is 228 g/mol. The Morgan fingerprint density at radius 1 is 0.722 bits per heavy atom. The smallest absolute Gasteiger partial charge is 0.180 e. The van der Waals surface area contributed by atoms with Gasteiger partial charge in [-0.1, -0.05) is 0 Å². The predicted octanol–water partition coefficient (Wildman–Crippen LogP) is 1.12. The zero-order valence-corrected chi connectivity index (χ0v) is 10.7. The molecule has 0 bridgehead atoms. The monoisotopic (exact) mass is 246 g/mol. The molecule has 0 aliphatic rings. The van der Waals surface area contributed by atoms with Crippen LogP contribution in [0.5, 0.6) is 11.5 Å². The van der Waals surface area contributed by atoms with Crippen molar-refractivity contribution in [3.63, 3.8) is 0 Å². The SMILES string of the molecule is COc1cc(-c2ccc([NH3+])c(OC)c2)ccc1[NH3+]. The minimum absolute atomic E-state index is 0.783. The molecule has 0 atom stereocenters. The lowest BCUT2D eigenvalue weighted by atomic mass is 10.0. The van der Waals surface area contributed by atoms with Gasteiger partial charge in [-0.25, -0.2) is 0 Å². The molecule has 0 saturated heterocycles. The minimum atomic E-state index is 0.783. The van der Waals surface area contributed by atoms with Gasteiger partial charge in [-0.2, -0.15) is 0 Å². The highest BCUT2D eigenvalue weighted by molar-refractivity contribution is 5.71. The van der Waals surface area contributed by atoms with Crippen LogP contribution in [0.1, 0.15) is 0 Å². The molecule has 94 valence electrons. The molecule has 0 aliphatic heterocycles. The van der Waals surface area contributed by atoms with Crippen LogP contribution in [0.25, 0.3) is 11.1 Å². The molecule has 0 aromatic heterocycles. The fraction of sp³-hybridized carbons (Fsp3) is 0.143. The summed E-state index contributed by atoms with van der Waals surface area (Å²) in [5.74, 6) is 1.57. The number of rotatable bonds is 3. The van der Waals surface area contributed by atoms with Gasteiger partial charge in [0, 0.05) is 12.1 Å². The van der Waals surface area contributed by atoms with Crippen LogP contribution in [0, 0.1) is 0 Å². The van der Waals surface area contributed by atoms with Gasteiger partial charge in [0.05, 0.1) is 14.2 Å². The standard InChI is InChI=1S/C14H16N2O2/c1-17-13-7-9(3-5-11(13)15)10-4-6-12(16)14(8-10)18-2/h3-8H,15-16H2,1-2H3/p+2. The normalized spacial score (nSPS) is 10.2. The van der Waals surface area contributed by atoms with Crippen molar-refractivity contribution in [2.75, 3.05) is 14.2 Å². The van der Waals surface area contributed by atoms with Crippen molar-refractivity contribution >= 4 is 11.4 Å². The van der Waals surface area contributed by atoms with Gasteiger partial charge in [-0.05, 0) is 35.4 Å². The molecule has 0 unspecified atom stereocenters. The lowest BCUT2D eigenvalue weighted by molar-refractivity contribution is -0.257. The Bertz CT molecular complexity index is 516. The van der Waals surface area contributed by atoms with Gasteiger partial charge in [-0.15, -0.1) is 0 Å². The van der Waals surface area contributed by atoms with Gasteiger partial charge in [0.25, 0.3) is 0 Å². The molecule has 2 aromatic carbocycles. The summed E-state index contributed by atoms with van der Waals surface area (Å²) in [6.45, 7) is 0. The number of methoxy groups -OCH3 is 2. The van der Waals surface area contributed by atoms with Crippen LogP contribution >= 0.6 is 0 Å². The van der Waals surface area contributed by atoms with Crippen molar-refractivity contribution in [3.8, 4) is 22.6 Å². The first-order valence-corrected chi connectivity index (χ1v) is 5.66. The molecule has 6 N–H and O–H groups in total. The molecule has 0 saturated carbocycles. The zero-order chi connectivity index (χ0) is 13.1. The number of quaternary nitrogens is 2. The van der Waals surface area contributed by atoms with Crippen LogP contribution < -0.4 is 20.9 Å². The van der Waals surface area contributed by atoms with Crippen LogP contribution in [-0.4, -0.2) is 14.2 Å². The van der Waals surface area contributed by atoms with E-state index in [0.29, 0.717) is 0 Å². The van der Waals surface area contributed by atoms with E-state index >= 15 is 0 Å². The molecule has 0 aliphatic carbocycles. The highest BCUT2D eigenvalue weighted by Gasteiger charge is 2.09. The summed E-state index contributed by atoms with van der Waals surface area (Å²) in [7, 11) is 3.29. The van der Waals surface area contributed by atoms with E-state index < -0.39 is 0 Å². The topological polar surface area (TPSA) is 73.7 Å². The van der Waals surface area contributed by atoms with Crippen molar-refractivity contribution < 1.29 is 20.9 Å². The number of benzene rings is 2. The molecule has 18 heavy (non-hydrogen) atoms. The second kappa shape index (κ2) is 5.08. The molecule has 2 rings (SSSR count). The van der Waals surface area contributed by atoms with Gasteiger partial charge in [-0.3, -0.25) is 0 Å². The summed E-state index contributed by atoms with van der Waals surface area (Å²) in [6, 6.07) is 11.9. The Morgan fingerprint density at radius 3 is 1.44 bits per heavy atom. The highest BCUT2D eigenvalue weighted by atomic mass is 16.5. The zero-order valence-electron chi connectivity index (χ0n) is 10.7. The largest absolute Gasteiger partial charge is 0.491 e. The molecule has 0 fully saturated rings. The average Bonchev–Trinajstić information content (AvgIpc) is 2.40. The van der Waals surface area contributed by atoms with Gasteiger partial charge in [0.15, 0.2) is 22.9 Å². The molecular formula is C14H18N2O2+2. The van der Waals surface area contributed by atoms with Gasteiger partial charge < -0.3 is 20.9 Å². The van der Waals surface area contributed by atoms with Gasteiger partial charge in [0.1, 0.15) is 0 Å². The van der Waals surface area contributed by atoms with E-state index in [-0.39, 0.29) is 0 Å². The van der Waals surface area contributed by atoms with E-state index in [1.807, 2.05) is 36.4 Å². The van der Waals surface area contributed by atoms with Crippen molar-refractivity contribution in [1.29, 1.82) is 0 Å². The van der Waals surface area contributed by atoms with Crippen LogP contribution in [0.4, 0.5) is 11.4 Å². The number of ether oxygens (including phenoxy) is 2. The third kappa shape index (κ3) is 2.30. The van der Waals surface area contributed by atoms with E-state index in [1.165, 1.54) is 0 Å². The van der Waals surface area contributed by atoms with E-state index in [4.69, 9.17) is 9.47 Å². The molecule has 0 amide bonds. The summed E-state index contributed by atoms with van der Waals surface area (Å²) in [5, 5.41) is 0. The minimum Gasteiger partial charge on any atom is -0.491 e. The van der Waals surface area contributed by atoms with Gasteiger partial charge in [0.2, 0.25) is 0 Å². The Labute approximate surface area is 106 Å². The van der Waals surface area contributed by atoms with Crippen molar-refractivity contribution in [2.45, 2.75) is 0 Å². The average molecular weight is 246 g/mol. The predicted molar refractivity (Wildman–Crippen MR) is 70.1 cm³/mol. The first kappa shape index (κ1) is 12.4. The Hall–Kier alpha value is -2.04. The summed E-state index contributed by atoms with van der Waals surface area (Å²) in [5.41, 5.74) is 11.7. The summed E-state index contributed by atoms with van der Waals surface area (Å²) >= 11 is 0. The fourth-order valence-electron chi connectivity index (χ4n) is 1.85. The van der Waals surface area contributed by atoms with Crippen LogP contribution in [0.15, 0.2) is 36.4 Å². The molecule has 2 aromatic rings. The molecule has 4 heteroatoms. The van der Waals surface area contributed by atoms with E-state index in [9.17, 15) is 0 Å². The third-order valence-corrected chi connectivity index (χ3v) is 2.91. The van der Waals surface area contributed by atoms with E-state index in [1.54, 1.807) is 14.2 Å². The lowest BCUT2D eigenvalue weighted by Gasteiger charge is -2.08. The lowest BCUT2D eigenvalue weighted by Crippen LogP contribution is -2.40. The van der Waals surface area contributed by atoms with Crippen molar-refractivity contribution in [1.82, 2.24) is 0 Å². The summed E-state index contributed by atoms with van der Waals surface area (Å²) in [4.78, 5) is 0. The number of hydrogen-bond acceptors (Lipinski definition) is 2.